The van der Waals surface area contributed by atoms with Crippen molar-refractivity contribution in [2.45, 2.75) is 37.8 Å². The molecule has 1 aromatic heterocycles. The van der Waals surface area contributed by atoms with Gasteiger partial charge in [0.25, 0.3) is 10.0 Å². The SMILES string of the molecule is COCCS(=O)(=O)Nc1cccc(S(=O)(=O)n2cc(CN(C)C(=O)OC(C)(C)C)cc2-c2ccccc2F)c1. The molecule has 0 saturated carbocycles. The molecule has 0 radical (unpaired) electrons. The van der Waals surface area contributed by atoms with E-state index in [-0.39, 0.29) is 40.7 Å². The third kappa shape index (κ3) is 7.80. The largest absolute Gasteiger partial charge is 0.444 e. The summed E-state index contributed by atoms with van der Waals surface area (Å²) >= 11 is 0. The number of carbonyl (C=O) groups is 1. The summed E-state index contributed by atoms with van der Waals surface area (Å²) in [7, 11) is -5.26. The molecule has 0 unspecified atom stereocenters. The fraction of sp³-hybridized carbons (Fsp3) is 0.346. The minimum Gasteiger partial charge on any atom is -0.444 e. The highest BCUT2D eigenvalue weighted by Crippen LogP contribution is 2.30. The maximum atomic E-state index is 14.8. The van der Waals surface area contributed by atoms with E-state index in [4.69, 9.17) is 9.47 Å². The van der Waals surface area contributed by atoms with Crippen LogP contribution in [0.25, 0.3) is 11.3 Å². The van der Waals surface area contributed by atoms with E-state index in [1.54, 1.807) is 26.8 Å². The second-order valence-electron chi connectivity index (χ2n) is 9.79. The second-order valence-corrected chi connectivity index (χ2v) is 13.4. The van der Waals surface area contributed by atoms with Crippen LogP contribution in [-0.2, 0) is 36.1 Å². The third-order valence-corrected chi connectivity index (χ3v) is 8.26. The van der Waals surface area contributed by atoms with Gasteiger partial charge in [0, 0.05) is 31.6 Å². The molecular weight excluding hydrogens is 549 g/mol. The molecule has 10 nitrogen and oxygen atoms in total. The van der Waals surface area contributed by atoms with E-state index >= 15 is 0 Å². The summed E-state index contributed by atoms with van der Waals surface area (Å²) in [5, 5.41) is 0. The summed E-state index contributed by atoms with van der Waals surface area (Å²) < 4.78 is 80.4. The van der Waals surface area contributed by atoms with Crippen LogP contribution in [0.4, 0.5) is 14.9 Å². The highest BCUT2D eigenvalue weighted by atomic mass is 32.2. The molecule has 1 heterocycles. The highest BCUT2D eigenvalue weighted by molar-refractivity contribution is 7.92. The molecule has 0 saturated heterocycles. The average molecular weight is 582 g/mol. The first-order chi connectivity index (χ1) is 18.1. The molecule has 0 aliphatic carbocycles. The second kappa shape index (κ2) is 11.8. The van der Waals surface area contributed by atoms with Crippen LogP contribution in [0.2, 0.25) is 0 Å². The minimum absolute atomic E-state index is 0.0157. The maximum absolute atomic E-state index is 14.8. The molecule has 0 fully saturated rings. The van der Waals surface area contributed by atoms with Crippen LogP contribution in [-0.4, -0.2) is 63.9 Å². The quantitative estimate of drug-likeness (QED) is 0.379. The minimum atomic E-state index is -4.34. The van der Waals surface area contributed by atoms with Gasteiger partial charge in [-0.1, -0.05) is 18.2 Å². The smallest absolute Gasteiger partial charge is 0.410 e. The number of hydrogen-bond acceptors (Lipinski definition) is 7. The third-order valence-electron chi connectivity index (χ3n) is 5.34. The molecule has 2 aromatic carbocycles. The van der Waals surface area contributed by atoms with E-state index < -0.39 is 37.6 Å². The molecule has 13 heteroatoms. The number of ether oxygens (including phenoxy) is 2. The van der Waals surface area contributed by atoms with E-state index in [1.807, 2.05) is 0 Å². The van der Waals surface area contributed by atoms with Crippen LogP contribution in [0, 0.1) is 5.82 Å². The van der Waals surface area contributed by atoms with Crippen molar-refractivity contribution in [1.82, 2.24) is 8.87 Å². The summed E-state index contributed by atoms with van der Waals surface area (Å²) in [6.07, 6.45) is 0.687. The van der Waals surface area contributed by atoms with Crippen LogP contribution < -0.4 is 4.72 Å². The van der Waals surface area contributed by atoms with Gasteiger partial charge in [0.2, 0.25) is 10.0 Å². The van der Waals surface area contributed by atoms with Crippen LogP contribution in [0.1, 0.15) is 26.3 Å². The first kappa shape index (κ1) is 30.1. The predicted molar refractivity (Wildman–Crippen MR) is 146 cm³/mol. The summed E-state index contributed by atoms with van der Waals surface area (Å²) in [6.45, 7) is 5.12. The van der Waals surface area contributed by atoms with E-state index in [1.165, 1.54) is 73.8 Å². The topological polar surface area (TPSA) is 124 Å². The zero-order valence-corrected chi connectivity index (χ0v) is 24.0. The molecular formula is C26H32FN3O7S2. The van der Waals surface area contributed by atoms with Gasteiger partial charge in [-0.15, -0.1) is 0 Å². The Hall–Kier alpha value is -3.42. The van der Waals surface area contributed by atoms with Crippen molar-refractivity contribution in [2.75, 3.05) is 31.2 Å². The molecule has 0 bridgehead atoms. The number of sulfonamides is 1. The molecule has 1 amide bonds. The lowest BCUT2D eigenvalue weighted by Gasteiger charge is -2.24. The number of hydrogen-bond donors (Lipinski definition) is 1. The normalized spacial score (nSPS) is 12.3. The van der Waals surface area contributed by atoms with E-state index in [9.17, 15) is 26.0 Å². The summed E-state index contributed by atoms with van der Waals surface area (Å²) in [4.78, 5) is 13.5. The Labute approximate surface area is 228 Å². The molecule has 3 rings (SSSR count). The van der Waals surface area contributed by atoms with Gasteiger partial charge in [0.05, 0.1) is 29.5 Å². The number of nitrogens with zero attached hydrogens (tertiary/aromatic N) is 2. The van der Waals surface area contributed by atoms with Crippen molar-refractivity contribution < 1.29 is 35.5 Å². The van der Waals surface area contributed by atoms with Gasteiger partial charge >= 0.3 is 6.09 Å². The van der Waals surface area contributed by atoms with Crippen molar-refractivity contribution >= 4 is 31.8 Å². The molecule has 39 heavy (non-hydrogen) atoms. The average Bonchev–Trinajstić information content (AvgIpc) is 3.26. The standard InChI is InChI=1S/C26H32FN3O7S2/c1-26(2,3)37-25(31)29(4)17-19-15-24(22-11-6-7-12-23(22)27)30(18-19)39(34,35)21-10-8-9-20(16-21)28-38(32,33)14-13-36-5/h6-12,15-16,18,28H,13-14,17H2,1-5H3. The van der Waals surface area contributed by atoms with Crippen LogP contribution in [0.5, 0.6) is 0 Å². The van der Waals surface area contributed by atoms with Gasteiger partial charge in [-0.05, 0) is 62.7 Å². The summed E-state index contributed by atoms with van der Waals surface area (Å²) in [5.74, 6) is -0.955. The lowest BCUT2D eigenvalue weighted by molar-refractivity contribution is 0.0285. The number of rotatable bonds is 10. The number of nitrogens with one attached hydrogen (secondary N) is 1. The highest BCUT2D eigenvalue weighted by Gasteiger charge is 2.26. The number of benzene rings is 2. The van der Waals surface area contributed by atoms with Gasteiger partial charge in [-0.2, -0.15) is 0 Å². The Bertz CT molecular complexity index is 1550. The molecule has 0 spiro atoms. The van der Waals surface area contributed by atoms with E-state index in [0.29, 0.717) is 5.56 Å². The van der Waals surface area contributed by atoms with Crippen molar-refractivity contribution in [3.05, 3.63) is 72.2 Å². The van der Waals surface area contributed by atoms with Crippen molar-refractivity contribution in [3.8, 4) is 11.3 Å². The zero-order chi connectivity index (χ0) is 29.0. The molecule has 3 aromatic rings. The Morgan fingerprint density at radius 1 is 1.05 bits per heavy atom. The van der Waals surface area contributed by atoms with E-state index in [2.05, 4.69) is 4.72 Å². The van der Waals surface area contributed by atoms with Gasteiger partial charge in [-0.25, -0.2) is 30.0 Å². The molecule has 0 aliphatic heterocycles. The van der Waals surface area contributed by atoms with Gasteiger partial charge in [0.15, 0.2) is 0 Å². The van der Waals surface area contributed by atoms with Crippen molar-refractivity contribution in [1.29, 1.82) is 0 Å². The monoisotopic (exact) mass is 581 g/mol. The predicted octanol–water partition coefficient (Wildman–Crippen LogP) is 4.29. The lowest BCUT2D eigenvalue weighted by atomic mass is 10.1. The molecule has 0 aliphatic rings. The van der Waals surface area contributed by atoms with Crippen molar-refractivity contribution in [3.63, 3.8) is 0 Å². The molecule has 212 valence electrons. The number of halogens is 1. The van der Waals surface area contributed by atoms with Crippen LogP contribution in [0.3, 0.4) is 0 Å². The lowest BCUT2D eigenvalue weighted by Crippen LogP contribution is -2.33. The summed E-state index contributed by atoms with van der Waals surface area (Å²) in [6, 6.07) is 12.5. The Morgan fingerprint density at radius 3 is 2.38 bits per heavy atom. The van der Waals surface area contributed by atoms with Gasteiger partial charge in [0.1, 0.15) is 11.4 Å². The number of methoxy groups -OCH3 is 1. The van der Waals surface area contributed by atoms with Crippen molar-refractivity contribution in [2.24, 2.45) is 0 Å². The van der Waals surface area contributed by atoms with E-state index in [0.717, 1.165) is 3.97 Å². The molecule has 1 N–H and O–H groups in total. The number of amides is 1. The fourth-order valence-electron chi connectivity index (χ4n) is 3.58. The zero-order valence-electron chi connectivity index (χ0n) is 22.3. The van der Waals surface area contributed by atoms with Gasteiger partial charge in [-0.3, -0.25) is 4.72 Å². The first-order valence-corrected chi connectivity index (χ1v) is 15.0. The molecule has 0 atom stereocenters. The Morgan fingerprint density at radius 2 is 1.74 bits per heavy atom. The fourth-order valence-corrected chi connectivity index (χ4v) is 5.99. The van der Waals surface area contributed by atoms with Crippen LogP contribution in [0.15, 0.2) is 65.7 Å². The van der Waals surface area contributed by atoms with Gasteiger partial charge < -0.3 is 14.4 Å². The Kier molecular flexibility index (Phi) is 9.08. The Balaban J connectivity index is 2.04. The first-order valence-electron chi connectivity index (χ1n) is 11.9. The number of anilines is 1. The maximum Gasteiger partial charge on any atom is 0.410 e. The summed E-state index contributed by atoms with van der Waals surface area (Å²) in [5.41, 5.74) is -0.219. The number of aromatic nitrogens is 1. The van der Waals surface area contributed by atoms with Crippen LogP contribution >= 0.6 is 0 Å². The number of carbonyl (C=O) groups excluding carboxylic acids is 1.